The monoisotopic (exact) mass is 875 g/mol. The second-order valence-electron chi connectivity index (χ2n) is 17.1. The first kappa shape index (κ1) is 49.7. The molecule has 6 unspecified atom stereocenters. The fourth-order valence-electron chi connectivity index (χ4n) is 5.90. The predicted octanol–water partition coefficient (Wildman–Crippen LogP) is 6.19. The van der Waals surface area contributed by atoms with Crippen molar-refractivity contribution in [2.24, 2.45) is 17.3 Å². The van der Waals surface area contributed by atoms with E-state index in [9.17, 15) is 33.9 Å². The van der Waals surface area contributed by atoms with Gasteiger partial charge in [0.15, 0.2) is 6.10 Å². The SMILES string of the molecule is Cc1ccc(CC2NC(=O)/C=C/CC(C(C)C(O)C(Cl)c3ccc(COC(=O)CNC(=O)OC(C)(C)C)cc3)OC(=O)C(CC(C)C)OC(=O)C(C)(C)CNC2=O)cc1Cl. The van der Waals surface area contributed by atoms with Crippen LogP contribution in [0.1, 0.15) is 95.9 Å². The Balaban J connectivity index is 1.82. The van der Waals surface area contributed by atoms with Gasteiger partial charge in [0, 0.05) is 30.3 Å². The Bertz CT molecular complexity index is 1860. The van der Waals surface area contributed by atoms with Crippen molar-refractivity contribution in [1.82, 2.24) is 16.0 Å². The lowest BCUT2D eigenvalue weighted by Gasteiger charge is -2.32. The standard InChI is InChI=1S/C44H59Cl2N3O11/c1-25(2)19-34-40(54)58-33(27(4)38(52)37(46)30-17-15-28(16-18-30)23-57-36(51)22-47-42(56)60-43(5,6)7)11-10-12-35(50)49-32(21-29-14-13-26(3)31(45)20-29)39(53)48-24-44(8,9)41(55)59-34/h10,12-18,20,25,27,32-34,37-38,52H,11,19,21-24H2,1-9H3,(H,47,56)(H,48,53)(H,49,50)/b12-10+. The van der Waals surface area contributed by atoms with E-state index in [1.165, 1.54) is 12.2 Å². The Morgan fingerprint density at radius 2 is 1.67 bits per heavy atom. The Labute approximate surface area is 362 Å². The number of amides is 3. The topological polar surface area (TPSA) is 196 Å². The molecule has 0 bridgehead atoms. The van der Waals surface area contributed by atoms with E-state index >= 15 is 0 Å². The second-order valence-corrected chi connectivity index (χ2v) is 18.0. The third-order valence-electron chi connectivity index (χ3n) is 9.57. The maximum absolute atomic E-state index is 13.8. The van der Waals surface area contributed by atoms with Gasteiger partial charge in [-0.2, -0.15) is 0 Å². The van der Waals surface area contributed by atoms with Gasteiger partial charge >= 0.3 is 24.0 Å². The van der Waals surface area contributed by atoms with Gasteiger partial charge in [-0.15, -0.1) is 11.6 Å². The highest BCUT2D eigenvalue weighted by Gasteiger charge is 2.38. The van der Waals surface area contributed by atoms with Crippen LogP contribution in [0, 0.1) is 24.2 Å². The van der Waals surface area contributed by atoms with Gasteiger partial charge in [0.25, 0.3) is 0 Å². The Morgan fingerprint density at radius 3 is 2.28 bits per heavy atom. The van der Waals surface area contributed by atoms with E-state index in [0.717, 1.165) is 5.56 Å². The number of alkyl halides is 1. The molecule has 0 spiro atoms. The summed E-state index contributed by atoms with van der Waals surface area (Å²) in [7, 11) is 0. The van der Waals surface area contributed by atoms with Crippen molar-refractivity contribution in [1.29, 1.82) is 0 Å². The van der Waals surface area contributed by atoms with Crippen molar-refractivity contribution in [2.45, 2.75) is 124 Å². The molecule has 3 amide bonds. The molecule has 4 N–H and O–H groups in total. The molecule has 3 rings (SSSR count). The predicted molar refractivity (Wildman–Crippen MR) is 226 cm³/mol. The zero-order valence-electron chi connectivity index (χ0n) is 35.8. The van der Waals surface area contributed by atoms with Crippen molar-refractivity contribution in [3.63, 3.8) is 0 Å². The second kappa shape index (κ2) is 22.3. The largest absolute Gasteiger partial charge is 0.460 e. The third-order valence-corrected chi connectivity index (χ3v) is 10.5. The van der Waals surface area contributed by atoms with E-state index in [4.69, 9.17) is 42.1 Å². The van der Waals surface area contributed by atoms with E-state index in [1.807, 2.05) is 32.9 Å². The van der Waals surface area contributed by atoms with Crippen LogP contribution in [0.25, 0.3) is 0 Å². The number of hydrogen-bond acceptors (Lipinski definition) is 11. The van der Waals surface area contributed by atoms with Gasteiger partial charge in [0.1, 0.15) is 30.9 Å². The van der Waals surface area contributed by atoms with Gasteiger partial charge < -0.3 is 40.0 Å². The van der Waals surface area contributed by atoms with Crippen LogP contribution in [0.5, 0.6) is 0 Å². The molecule has 0 radical (unpaired) electrons. The highest BCUT2D eigenvalue weighted by Crippen LogP contribution is 2.33. The molecule has 0 saturated heterocycles. The van der Waals surface area contributed by atoms with E-state index in [-0.39, 0.29) is 44.9 Å². The van der Waals surface area contributed by atoms with E-state index < -0.39 is 82.5 Å². The molecule has 0 aromatic heterocycles. The normalized spacial score (nSPS) is 21.3. The first-order valence-electron chi connectivity index (χ1n) is 19.9. The van der Waals surface area contributed by atoms with Crippen LogP contribution < -0.4 is 16.0 Å². The number of aryl methyl sites for hydroxylation is 1. The number of aliphatic hydroxyl groups is 1. The van der Waals surface area contributed by atoms with Crippen LogP contribution in [0.2, 0.25) is 5.02 Å². The lowest BCUT2D eigenvalue weighted by molar-refractivity contribution is -0.180. The number of carbonyl (C=O) groups excluding carboxylic acids is 6. The fourth-order valence-corrected chi connectivity index (χ4v) is 6.48. The molecule has 330 valence electrons. The summed E-state index contributed by atoms with van der Waals surface area (Å²) >= 11 is 13.2. The Hall–Kier alpha value is -4.66. The van der Waals surface area contributed by atoms with Crippen LogP contribution in [0.4, 0.5) is 4.79 Å². The van der Waals surface area contributed by atoms with Crippen molar-refractivity contribution in [3.05, 3.63) is 81.9 Å². The molecule has 0 saturated carbocycles. The summed E-state index contributed by atoms with van der Waals surface area (Å²) in [5.74, 6) is -4.31. The number of aliphatic hydroxyl groups excluding tert-OH is 1. The van der Waals surface area contributed by atoms with Crippen LogP contribution in [-0.2, 0) is 55.9 Å². The molecule has 6 atom stereocenters. The van der Waals surface area contributed by atoms with Crippen LogP contribution in [0.15, 0.2) is 54.6 Å². The minimum atomic E-state index is -1.31. The number of hydrogen-bond donors (Lipinski definition) is 4. The third kappa shape index (κ3) is 16.1. The molecule has 0 fully saturated rings. The van der Waals surface area contributed by atoms with E-state index in [1.54, 1.807) is 71.9 Å². The van der Waals surface area contributed by atoms with Gasteiger partial charge in [-0.1, -0.05) is 74.8 Å². The number of ether oxygens (including phenoxy) is 4. The van der Waals surface area contributed by atoms with Gasteiger partial charge in [0.2, 0.25) is 11.8 Å². The van der Waals surface area contributed by atoms with Crippen LogP contribution >= 0.6 is 23.2 Å². The summed E-state index contributed by atoms with van der Waals surface area (Å²) in [4.78, 5) is 78.1. The van der Waals surface area contributed by atoms with Crippen molar-refractivity contribution in [3.8, 4) is 0 Å². The van der Waals surface area contributed by atoms with Crippen molar-refractivity contribution in [2.75, 3.05) is 13.1 Å². The summed E-state index contributed by atoms with van der Waals surface area (Å²) < 4.78 is 22.1. The lowest BCUT2D eigenvalue weighted by Crippen LogP contribution is -2.51. The molecule has 16 heteroatoms. The van der Waals surface area contributed by atoms with Crippen LogP contribution in [0.3, 0.4) is 0 Å². The zero-order valence-corrected chi connectivity index (χ0v) is 37.3. The summed E-state index contributed by atoms with van der Waals surface area (Å²) in [5.41, 5.74) is 0.675. The molecule has 1 aliphatic rings. The molecule has 2 aromatic rings. The summed E-state index contributed by atoms with van der Waals surface area (Å²) in [6, 6.07) is 10.9. The number of benzene rings is 2. The molecular weight excluding hydrogens is 817 g/mol. The minimum absolute atomic E-state index is 0.0492. The molecule has 1 heterocycles. The molecular formula is C44H59Cl2N3O11. The quantitative estimate of drug-likeness (QED) is 0.108. The summed E-state index contributed by atoms with van der Waals surface area (Å²) in [5, 5.41) is 18.9. The highest BCUT2D eigenvalue weighted by molar-refractivity contribution is 6.31. The number of nitrogens with one attached hydrogen (secondary N) is 3. The average molecular weight is 877 g/mol. The highest BCUT2D eigenvalue weighted by atomic mass is 35.5. The maximum atomic E-state index is 13.8. The number of alkyl carbamates (subject to hydrolysis) is 1. The van der Waals surface area contributed by atoms with Gasteiger partial charge in [0.05, 0.1) is 16.9 Å². The smallest absolute Gasteiger partial charge is 0.408 e. The molecule has 0 aliphatic carbocycles. The van der Waals surface area contributed by atoms with E-state index in [2.05, 4.69) is 16.0 Å². The molecule has 1 aliphatic heterocycles. The minimum Gasteiger partial charge on any atom is -0.460 e. The summed E-state index contributed by atoms with van der Waals surface area (Å²) in [6.07, 6.45) is -1.51. The van der Waals surface area contributed by atoms with Crippen molar-refractivity contribution >= 4 is 59.0 Å². The van der Waals surface area contributed by atoms with Gasteiger partial charge in [-0.3, -0.25) is 19.2 Å². The van der Waals surface area contributed by atoms with Gasteiger partial charge in [-0.25, -0.2) is 9.59 Å². The Morgan fingerprint density at radius 1 is 1.02 bits per heavy atom. The van der Waals surface area contributed by atoms with Crippen LogP contribution in [-0.4, -0.2) is 84.0 Å². The van der Waals surface area contributed by atoms with E-state index in [0.29, 0.717) is 21.7 Å². The summed E-state index contributed by atoms with van der Waals surface area (Å²) in [6.45, 7) is 14.8. The zero-order chi connectivity index (χ0) is 44.9. The van der Waals surface area contributed by atoms with Crippen molar-refractivity contribution < 1.29 is 52.8 Å². The number of carbonyl (C=O) groups is 6. The first-order chi connectivity index (χ1) is 27.9. The van der Waals surface area contributed by atoms with Gasteiger partial charge in [-0.05, 0) is 88.3 Å². The molecule has 2 aromatic carbocycles. The lowest BCUT2D eigenvalue weighted by atomic mass is 9.90. The number of rotatable bonds is 12. The number of esters is 3. The number of halogens is 2. The molecule has 60 heavy (non-hydrogen) atoms. The number of cyclic esters (lactones) is 2. The fraction of sp³-hybridized carbons (Fsp3) is 0.545. The molecule has 14 nitrogen and oxygen atoms in total. The first-order valence-corrected chi connectivity index (χ1v) is 20.7. The average Bonchev–Trinajstić information content (AvgIpc) is 3.16. The Kier molecular flexibility index (Phi) is 18.4. The maximum Gasteiger partial charge on any atom is 0.408 e.